The largest absolute Gasteiger partial charge is 0.382 e. The van der Waals surface area contributed by atoms with Gasteiger partial charge in [-0.05, 0) is 11.8 Å². The van der Waals surface area contributed by atoms with Crippen LogP contribution in [0.2, 0.25) is 0 Å². The lowest BCUT2D eigenvalue weighted by molar-refractivity contribution is -0.0533. The number of nitrogens with two attached hydrogens (primary N) is 2. The van der Waals surface area contributed by atoms with Crippen LogP contribution >= 0.6 is 6.72 Å². The number of fused-ring (bicyclic) bond motifs is 5. The van der Waals surface area contributed by atoms with Gasteiger partial charge < -0.3 is 39.6 Å². The molecule has 242 valence electrons. The molecule has 24 heteroatoms. The van der Waals surface area contributed by atoms with Gasteiger partial charge in [-0.2, -0.15) is 18.1 Å². The van der Waals surface area contributed by atoms with Gasteiger partial charge >= 0.3 is 17.0 Å². The van der Waals surface area contributed by atoms with Gasteiger partial charge in [-0.1, -0.05) is 0 Å². The van der Waals surface area contributed by atoms with Crippen LogP contribution in [0.5, 0.6) is 0 Å². The Morgan fingerprint density at radius 3 is 2.67 bits per heavy atom. The van der Waals surface area contributed by atoms with Crippen molar-refractivity contribution in [2.24, 2.45) is 0 Å². The Balaban J connectivity index is 1.21. The van der Waals surface area contributed by atoms with E-state index in [1.54, 1.807) is 4.57 Å². The van der Waals surface area contributed by atoms with E-state index < -0.39 is 65.6 Å². The highest BCUT2D eigenvalue weighted by Crippen LogP contribution is 2.50. The molecular weight excluding hydrogens is 661 g/mol. The molecular formula is C21H26N11O10PS2. The summed E-state index contributed by atoms with van der Waals surface area (Å²) in [7, 11) is -3.23. The molecule has 0 saturated carbocycles. The number of ether oxygens (including phenoxy) is 3. The van der Waals surface area contributed by atoms with Crippen molar-refractivity contribution in [2.75, 3.05) is 31.7 Å². The lowest BCUT2D eigenvalue weighted by Gasteiger charge is -2.25. The Hall–Kier alpha value is -3.22. The minimum atomic E-state index is -4.54. The molecule has 0 spiro atoms. The van der Waals surface area contributed by atoms with Gasteiger partial charge in [0.05, 0.1) is 25.4 Å². The fourth-order valence-electron chi connectivity index (χ4n) is 5.56. The van der Waals surface area contributed by atoms with E-state index in [1.165, 1.54) is 30.7 Å². The third kappa shape index (κ3) is 5.59. The standard InChI is InChI=1S/C21H26N11O10PS2/c1-37-14-10-4-38-43(34,44)41-8-2-11(31-6-26-12-16(22)24-5-25-17(12)31)39-9(8)3-28-45(35,36)42-15(14)20(40-10)32-7-27-13-18(32)29-21(23)30-19(13)33/h5-11,14-15,20,28H,2-4H2,1H3,(H,34,44)(H2,22,24,25)(H3,23,29,30,33)/t8-,9+,10+,11+,14+,15+,20+,43?/m0/s1. The molecule has 1 unspecified atom stereocenters. The maximum atomic E-state index is 13.4. The number of nitrogens with one attached hydrogen (secondary N) is 2. The Morgan fingerprint density at radius 2 is 1.87 bits per heavy atom. The monoisotopic (exact) mass is 687 g/mol. The number of aromatic nitrogens is 8. The Morgan fingerprint density at radius 1 is 1.09 bits per heavy atom. The van der Waals surface area contributed by atoms with Crippen LogP contribution in [0.4, 0.5) is 11.8 Å². The SMILES string of the molecule is CO[C@H]1[C@H]2OS(=O)(=O)NC[C@H]3O[C@@H](n4cnc5c(N)ncnc54)C[C@@H]3OP(O)(=S)OC[C@H]1O[C@H]2n1cnc2c(=O)[nH]c(N)nc21. The van der Waals surface area contributed by atoms with E-state index in [1.807, 2.05) is 0 Å². The average Bonchev–Trinajstić information content (AvgIpc) is 3.74. The minimum Gasteiger partial charge on any atom is -0.382 e. The zero-order valence-corrected chi connectivity index (χ0v) is 25.6. The van der Waals surface area contributed by atoms with E-state index in [0.717, 1.165) is 0 Å². The molecule has 3 aliphatic heterocycles. The third-order valence-corrected chi connectivity index (χ3v) is 10.1. The number of anilines is 2. The summed E-state index contributed by atoms with van der Waals surface area (Å²) in [4.78, 5) is 46.4. The molecule has 7 rings (SSSR count). The summed E-state index contributed by atoms with van der Waals surface area (Å²) in [6, 6.07) is 0. The van der Waals surface area contributed by atoms with E-state index in [4.69, 9.17) is 50.7 Å². The summed E-state index contributed by atoms with van der Waals surface area (Å²) in [6.45, 7) is -4.72. The van der Waals surface area contributed by atoms with Gasteiger partial charge in [0.1, 0.15) is 36.4 Å². The maximum Gasteiger partial charge on any atom is 0.336 e. The van der Waals surface area contributed by atoms with E-state index in [9.17, 15) is 18.1 Å². The first-order chi connectivity index (χ1) is 21.4. The number of H-pyrrole nitrogens is 1. The molecule has 2 bridgehead atoms. The predicted molar refractivity (Wildman–Crippen MR) is 155 cm³/mol. The number of aromatic amines is 1. The molecule has 7 N–H and O–H groups in total. The Bertz CT molecular complexity index is 1990. The molecule has 0 aliphatic carbocycles. The van der Waals surface area contributed by atoms with Crippen LogP contribution < -0.4 is 21.7 Å². The van der Waals surface area contributed by atoms with Crippen molar-refractivity contribution in [3.63, 3.8) is 0 Å². The molecule has 8 atom stereocenters. The highest BCUT2D eigenvalue weighted by Gasteiger charge is 2.51. The molecule has 3 saturated heterocycles. The lowest BCUT2D eigenvalue weighted by Crippen LogP contribution is -2.43. The molecule has 4 aromatic heterocycles. The zero-order chi connectivity index (χ0) is 31.7. The van der Waals surface area contributed by atoms with Crippen molar-refractivity contribution in [1.82, 2.24) is 43.8 Å². The van der Waals surface area contributed by atoms with E-state index >= 15 is 0 Å². The summed E-state index contributed by atoms with van der Waals surface area (Å²) in [5.74, 6) is -0.0366. The summed E-state index contributed by atoms with van der Waals surface area (Å²) < 4.78 is 66.9. The second-order valence-electron chi connectivity index (χ2n) is 10.3. The summed E-state index contributed by atoms with van der Waals surface area (Å²) in [5, 5.41) is 0. The van der Waals surface area contributed by atoms with Crippen LogP contribution in [0.15, 0.2) is 23.8 Å². The van der Waals surface area contributed by atoms with Crippen LogP contribution in [0, 0.1) is 0 Å². The van der Waals surface area contributed by atoms with Gasteiger partial charge in [0.2, 0.25) is 5.95 Å². The highest BCUT2D eigenvalue weighted by molar-refractivity contribution is 8.07. The molecule has 3 aliphatic rings. The zero-order valence-electron chi connectivity index (χ0n) is 23.1. The predicted octanol–water partition coefficient (Wildman–Crippen LogP) is -1.82. The van der Waals surface area contributed by atoms with Crippen molar-refractivity contribution in [3.8, 4) is 0 Å². The quantitative estimate of drug-likeness (QED) is 0.148. The van der Waals surface area contributed by atoms with Crippen molar-refractivity contribution in [1.29, 1.82) is 0 Å². The molecule has 0 amide bonds. The van der Waals surface area contributed by atoms with Crippen LogP contribution in [-0.4, -0.2) is 103 Å². The molecule has 45 heavy (non-hydrogen) atoms. The third-order valence-electron chi connectivity index (χ3n) is 7.53. The van der Waals surface area contributed by atoms with E-state index in [2.05, 4.69) is 34.6 Å². The number of methoxy groups -OCH3 is 1. The van der Waals surface area contributed by atoms with Gasteiger partial charge in [0.25, 0.3) is 5.56 Å². The van der Waals surface area contributed by atoms with Crippen LogP contribution in [0.25, 0.3) is 22.3 Å². The van der Waals surface area contributed by atoms with Crippen LogP contribution in [-0.2, 0) is 49.6 Å². The first kappa shape index (κ1) is 30.4. The number of nitrogen functional groups attached to an aromatic ring is 2. The van der Waals surface area contributed by atoms with Gasteiger partial charge in [-0.15, -0.1) is 0 Å². The maximum absolute atomic E-state index is 13.4. The molecule has 4 aromatic rings. The average molecular weight is 688 g/mol. The van der Waals surface area contributed by atoms with Gasteiger partial charge in [-0.25, -0.2) is 24.1 Å². The van der Waals surface area contributed by atoms with E-state index in [-0.39, 0.29) is 42.5 Å². The van der Waals surface area contributed by atoms with Crippen molar-refractivity contribution in [2.45, 2.75) is 49.4 Å². The minimum absolute atomic E-state index is 0.000597. The normalized spacial score (nSPS) is 33.9. The fraction of sp³-hybridized carbons (Fsp3) is 0.524. The molecule has 0 radical (unpaired) electrons. The van der Waals surface area contributed by atoms with Gasteiger partial charge in [0.15, 0.2) is 35.0 Å². The highest BCUT2D eigenvalue weighted by atomic mass is 32.5. The van der Waals surface area contributed by atoms with Crippen molar-refractivity contribution < 1.29 is 40.8 Å². The smallest absolute Gasteiger partial charge is 0.336 e. The van der Waals surface area contributed by atoms with Crippen molar-refractivity contribution in [3.05, 3.63) is 29.3 Å². The Labute approximate surface area is 257 Å². The second-order valence-corrected chi connectivity index (χ2v) is 14.4. The number of imidazole rings is 2. The van der Waals surface area contributed by atoms with E-state index in [0.29, 0.717) is 11.2 Å². The van der Waals surface area contributed by atoms with Crippen LogP contribution in [0.3, 0.4) is 0 Å². The lowest BCUT2D eigenvalue weighted by atomic mass is 10.1. The summed E-state index contributed by atoms with van der Waals surface area (Å²) >= 11 is 5.32. The fourth-order valence-corrected chi connectivity index (χ4v) is 7.97. The number of hydrogen-bond donors (Lipinski definition) is 5. The first-order valence-electron chi connectivity index (χ1n) is 13.3. The molecule has 0 aromatic carbocycles. The topological polar surface area (TPSA) is 281 Å². The van der Waals surface area contributed by atoms with Gasteiger partial charge in [-0.3, -0.25) is 18.9 Å². The summed E-state index contributed by atoms with van der Waals surface area (Å²) in [6.07, 6.45) is -3.35. The number of rotatable bonds is 3. The Kier molecular flexibility index (Phi) is 7.60. The molecule has 21 nitrogen and oxygen atoms in total. The first-order valence-corrected chi connectivity index (χ1v) is 17.3. The van der Waals surface area contributed by atoms with Crippen LogP contribution in [0.1, 0.15) is 18.9 Å². The molecule has 3 fully saturated rings. The molecule has 7 heterocycles. The van der Waals surface area contributed by atoms with Crippen molar-refractivity contribution >= 4 is 62.9 Å². The number of nitrogens with zero attached hydrogens (tertiary/aromatic N) is 7. The second kappa shape index (κ2) is 11.2. The van der Waals surface area contributed by atoms with Gasteiger partial charge in [0, 0.05) is 20.1 Å². The summed E-state index contributed by atoms with van der Waals surface area (Å²) in [5.41, 5.74) is 11.7. The number of hydrogen-bond acceptors (Lipinski definition) is 17.